The number of amides is 1. The van der Waals surface area contributed by atoms with E-state index < -0.39 is 203 Å². The van der Waals surface area contributed by atoms with E-state index in [9.17, 15) is 39.1 Å². The highest BCUT2D eigenvalue weighted by molar-refractivity contribution is 6.76. The molecule has 31 nitrogen and oxygen atoms in total. The maximum atomic E-state index is 15.4. The SMILES string of the molecule is COC(=O)[C@@]1(O[C@H]2C[C@@]3(OC[C@H]4O[C@@H](OCC[Si](C)(C)C)[C@H](OCc5ccc(OC)cc5)[C@@H](OCc5ccccc5)[C@@H]4OCc4ccccc4)O[C@@H]([C@H](OC(C)=O)[C@@H](COC(=O)C(C)(C)C)OC(C)=O)[C@@H]2NC3=O)C[C@H](OC(C)=O)[C@@H](N=[N+]=[N-])[C@H]([C@H](OC(C)=O)[C@@H](COC(C)=O)OC(C)=O)O1. The molecule has 5 saturated heterocycles. The van der Waals surface area contributed by atoms with Crippen molar-refractivity contribution in [2.24, 2.45) is 10.5 Å². The van der Waals surface area contributed by atoms with E-state index in [1.54, 1.807) is 40.0 Å². The first kappa shape index (κ1) is 80.2. The molecular formula is C69H92N4O27Si. The lowest BCUT2D eigenvalue weighted by Gasteiger charge is -2.56. The molecular weight excluding hydrogens is 1340 g/mol. The predicted octanol–water partition coefficient (Wildman–Crippen LogP) is 6.36. The minimum Gasteiger partial charge on any atom is -0.497 e. The number of morpholine rings is 1. The van der Waals surface area contributed by atoms with Gasteiger partial charge in [-0.25, -0.2) is 4.79 Å². The van der Waals surface area contributed by atoms with Crippen LogP contribution < -0.4 is 10.1 Å². The van der Waals surface area contributed by atoms with E-state index in [1.165, 1.54) is 0 Å². The molecule has 5 aliphatic rings. The number of methoxy groups -OCH3 is 2. The molecule has 0 radical (unpaired) electrons. The van der Waals surface area contributed by atoms with Crippen LogP contribution in [0.15, 0.2) is 90.0 Å². The van der Waals surface area contributed by atoms with Gasteiger partial charge in [-0.1, -0.05) is 97.6 Å². The van der Waals surface area contributed by atoms with Crippen LogP contribution in [0.2, 0.25) is 25.7 Å². The van der Waals surface area contributed by atoms with E-state index in [2.05, 4.69) is 35.0 Å². The van der Waals surface area contributed by atoms with Crippen LogP contribution in [0, 0.1) is 5.41 Å². The van der Waals surface area contributed by atoms with Crippen molar-refractivity contribution in [1.82, 2.24) is 5.32 Å². The number of ether oxygens (including phenoxy) is 18. The minimum atomic E-state index is -2.98. The van der Waals surface area contributed by atoms with E-state index in [4.69, 9.17) is 85.3 Å². The topological polar surface area (TPSA) is 381 Å². The second-order valence-corrected chi connectivity index (χ2v) is 32.5. The van der Waals surface area contributed by atoms with Gasteiger partial charge in [0.15, 0.2) is 30.7 Å². The second-order valence-electron chi connectivity index (χ2n) is 26.8. The van der Waals surface area contributed by atoms with Crippen LogP contribution in [0.25, 0.3) is 10.4 Å². The summed E-state index contributed by atoms with van der Waals surface area (Å²) in [4.78, 5) is 125. The fourth-order valence-electron chi connectivity index (χ4n) is 11.8. The van der Waals surface area contributed by atoms with E-state index in [1.807, 2.05) is 72.8 Å². The molecule has 0 spiro atoms. The molecule has 5 heterocycles. The highest BCUT2D eigenvalue weighted by Crippen LogP contribution is 2.46. The Morgan fingerprint density at radius 1 is 0.644 bits per heavy atom. The number of piperidine rings is 1. The zero-order valence-electron chi connectivity index (χ0n) is 59.2. The zero-order valence-corrected chi connectivity index (χ0v) is 60.2. The van der Waals surface area contributed by atoms with Crippen molar-refractivity contribution in [2.45, 2.75) is 224 Å². The number of hydrogen-bond acceptors (Lipinski definition) is 28. The molecule has 0 unspecified atom stereocenters. The molecule has 5 aliphatic heterocycles. The molecule has 1 amide bonds. The van der Waals surface area contributed by atoms with Gasteiger partial charge in [0.25, 0.3) is 17.5 Å². The molecule has 3 aromatic rings. The highest BCUT2D eigenvalue weighted by atomic mass is 28.3. The molecule has 554 valence electrons. The Kier molecular flexibility index (Phi) is 28.7. The number of hydrogen-bond donors (Lipinski definition) is 1. The van der Waals surface area contributed by atoms with E-state index in [0.717, 1.165) is 65.3 Å². The lowest BCUT2D eigenvalue weighted by atomic mass is 9.83. The molecule has 0 aromatic heterocycles. The Balaban J connectivity index is 1.42. The number of nitrogens with one attached hydrogen (secondary N) is 1. The molecule has 2 bridgehead atoms. The van der Waals surface area contributed by atoms with Gasteiger partial charge in [-0.3, -0.25) is 38.4 Å². The largest absolute Gasteiger partial charge is 0.497 e. The second kappa shape index (κ2) is 36.1. The third-order valence-electron chi connectivity index (χ3n) is 16.5. The third kappa shape index (κ3) is 22.4. The normalized spacial score (nSPS) is 26.7. The van der Waals surface area contributed by atoms with Gasteiger partial charge in [-0.05, 0) is 61.2 Å². The lowest BCUT2D eigenvalue weighted by Crippen LogP contribution is -2.78. The molecule has 17 atom stereocenters. The first-order chi connectivity index (χ1) is 47.8. The van der Waals surface area contributed by atoms with Crippen LogP contribution in [-0.4, -0.2) is 206 Å². The fourth-order valence-corrected chi connectivity index (χ4v) is 12.5. The van der Waals surface area contributed by atoms with Crippen molar-refractivity contribution in [3.8, 4) is 5.75 Å². The molecule has 0 saturated carbocycles. The Labute approximate surface area is 586 Å². The van der Waals surface area contributed by atoms with Crippen molar-refractivity contribution in [2.75, 3.05) is 40.6 Å². The fraction of sp³-hybridized carbons (Fsp3) is 0.609. The summed E-state index contributed by atoms with van der Waals surface area (Å²) in [7, 11) is 0.668. The van der Waals surface area contributed by atoms with Gasteiger partial charge in [-0.15, -0.1) is 0 Å². The summed E-state index contributed by atoms with van der Waals surface area (Å²) in [6.07, 6.45) is -22.5. The number of carbonyl (C=O) groups excluding carboxylic acids is 9. The summed E-state index contributed by atoms with van der Waals surface area (Å²) in [5, 5.41) is 6.68. The van der Waals surface area contributed by atoms with Crippen LogP contribution >= 0.6 is 0 Å². The third-order valence-corrected chi connectivity index (χ3v) is 18.2. The number of azide groups is 1. The average molecular weight is 1440 g/mol. The average Bonchev–Trinajstić information content (AvgIpc) is 0.723. The Morgan fingerprint density at radius 3 is 1.68 bits per heavy atom. The van der Waals surface area contributed by atoms with Crippen LogP contribution in [-0.2, 0) is 143 Å². The maximum Gasteiger partial charge on any atom is 0.366 e. The Morgan fingerprint density at radius 2 is 1.18 bits per heavy atom. The zero-order chi connectivity index (χ0) is 74.0. The van der Waals surface area contributed by atoms with Gasteiger partial charge < -0.3 is 90.6 Å². The predicted molar refractivity (Wildman–Crippen MR) is 351 cm³/mol. The van der Waals surface area contributed by atoms with Crippen molar-refractivity contribution >= 4 is 61.7 Å². The monoisotopic (exact) mass is 1440 g/mol. The van der Waals surface area contributed by atoms with Crippen molar-refractivity contribution in [1.29, 1.82) is 0 Å². The summed E-state index contributed by atoms with van der Waals surface area (Å²) < 4.78 is 113. The number of esters is 8. The highest BCUT2D eigenvalue weighted by Gasteiger charge is 2.67. The van der Waals surface area contributed by atoms with Crippen LogP contribution in [0.4, 0.5) is 0 Å². The molecule has 0 aliphatic carbocycles. The van der Waals surface area contributed by atoms with Crippen molar-refractivity contribution in [3.05, 3.63) is 112 Å². The number of fused-ring (bicyclic) bond motifs is 3. The summed E-state index contributed by atoms with van der Waals surface area (Å²) in [6, 6.07) is 23.0. The molecule has 5 fully saturated rings. The Hall–Kier alpha value is -8.14. The van der Waals surface area contributed by atoms with Crippen LogP contribution in [0.3, 0.4) is 0 Å². The maximum absolute atomic E-state index is 15.4. The summed E-state index contributed by atoms with van der Waals surface area (Å²) >= 11 is 0. The minimum absolute atomic E-state index is 0.0168. The number of rotatable bonds is 34. The molecule has 8 rings (SSSR count). The summed E-state index contributed by atoms with van der Waals surface area (Å²) in [5.41, 5.74) is 11.3. The van der Waals surface area contributed by atoms with E-state index in [-0.39, 0.29) is 26.4 Å². The number of carbonyl (C=O) groups is 9. The standard InChI is InChI=1S/C69H92N4O27Si/c1-39(74)86-36-51(93-41(3)76)58(96-44(6)79)60-55(72-73-70)49(92-40(2)75)31-69(100-60,66(82)84-11)98-50-32-68(64(80)71-54(50)59(99-68)57(95-43(5)78)52(94-42(4)77)37-90-65(81)67(7,8)9)91-38-53-56(87-33-45-21-17-15-18-22-45)61(88-34-46-23-19-16-20-24-46)62(63(97-53)85-29-30-101(12,13)14)89-35-47-25-27-48(83-10)28-26-47/h15-28,49-63H,29-38H2,1-14H3,(H,71,80)/t49-,50-,51+,52+,53+,54+,55+,56+,57+,58+,59+,60+,61-,62+,63+,68+,69+/m0/s1. The number of benzene rings is 3. The van der Waals surface area contributed by atoms with E-state index in [0.29, 0.717) is 11.8 Å². The molecule has 1 N–H and O–H groups in total. The van der Waals surface area contributed by atoms with Gasteiger partial charge in [-0.2, -0.15) is 0 Å². The van der Waals surface area contributed by atoms with Crippen LogP contribution in [0.1, 0.15) is 91.8 Å². The molecule has 101 heavy (non-hydrogen) atoms. The van der Waals surface area contributed by atoms with E-state index >= 15 is 9.59 Å². The first-order valence-electron chi connectivity index (χ1n) is 32.9. The quantitative estimate of drug-likeness (QED) is 0.0169. The van der Waals surface area contributed by atoms with Crippen molar-refractivity contribution in [3.63, 3.8) is 0 Å². The molecule has 3 aromatic carbocycles. The van der Waals surface area contributed by atoms with Gasteiger partial charge in [0.2, 0.25) is 0 Å². The van der Waals surface area contributed by atoms with Crippen LogP contribution in [0.5, 0.6) is 5.75 Å². The lowest BCUT2D eigenvalue weighted by molar-refractivity contribution is -0.374. The number of nitrogens with zero attached hydrogens (tertiary/aromatic N) is 3. The van der Waals surface area contributed by atoms with Gasteiger partial charge in [0, 0.05) is 67.6 Å². The summed E-state index contributed by atoms with van der Waals surface area (Å²) in [5.74, 6) is -14.2. The van der Waals surface area contributed by atoms with Gasteiger partial charge in [0.1, 0.15) is 67.7 Å². The van der Waals surface area contributed by atoms with Crippen molar-refractivity contribution < 1.29 is 128 Å². The van der Waals surface area contributed by atoms with Gasteiger partial charge in [0.05, 0.1) is 64.6 Å². The first-order valence-corrected chi connectivity index (χ1v) is 36.6. The van der Waals surface area contributed by atoms with Gasteiger partial charge >= 0.3 is 47.8 Å². The summed E-state index contributed by atoms with van der Waals surface area (Å²) in [6.45, 7) is 15.1. The Bertz CT molecular complexity index is 3370. The smallest absolute Gasteiger partial charge is 0.366 e. The molecule has 32 heteroatoms.